The van der Waals surface area contributed by atoms with Crippen LogP contribution in [-0.4, -0.2) is 30.1 Å². The van der Waals surface area contributed by atoms with Gasteiger partial charge >= 0.3 is 0 Å². The molecule has 0 aliphatic carbocycles. The highest BCUT2D eigenvalue weighted by molar-refractivity contribution is 6.30. The number of primary amides is 1. The van der Waals surface area contributed by atoms with Crippen LogP contribution < -0.4 is 25.8 Å². The van der Waals surface area contributed by atoms with Crippen molar-refractivity contribution in [3.05, 3.63) is 59.2 Å². The second-order valence-corrected chi connectivity index (χ2v) is 6.09. The van der Waals surface area contributed by atoms with Gasteiger partial charge in [0.1, 0.15) is 11.4 Å². The number of hydrogen-bond donors (Lipinski definition) is 3. The van der Waals surface area contributed by atoms with Crippen LogP contribution >= 0.6 is 11.6 Å². The number of hydrogen-bond acceptors (Lipinski definition) is 7. The van der Waals surface area contributed by atoms with E-state index in [4.69, 9.17) is 26.8 Å². The number of nitrogens with one attached hydrogen (secondary N) is 2. The van der Waals surface area contributed by atoms with Crippen LogP contribution in [0.1, 0.15) is 10.4 Å². The largest absolute Gasteiger partial charge is 0.493 e. The van der Waals surface area contributed by atoms with Gasteiger partial charge < -0.3 is 25.8 Å². The maximum atomic E-state index is 11.7. The fraction of sp³-hybridized carbons (Fsp3) is 0.105. The van der Waals surface area contributed by atoms with Crippen LogP contribution in [0.2, 0.25) is 5.02 Å². The zero-order valence-electron chi connectivity index (χ0n) is 15.2. The molecule has 0 spiro atoms. The maximum Gasteiger partial charge on any atom is 0.254 e. The second kappa shape index (κ2) is 8.45. The number of carbonyl (C=O) groups excluding carboxylic acids is 1. The number of amides is 1. The number of nitrogens with two attached hydrogens (primary N) is 1. The smallest absolute Gasteiger partial charge is 0.254 e. The molecule has 0 saturated carbocycles. The van der Waals surface area contributed by atoms with Crippen LogP contribution in [-0.2, 0) is 0 Å². The predicted molar refractivity (Wildman–Crippen MR) is 108 cm³/mol. The molecule has 1 heterocycles. The van der Waals surface area contributed by atoms with E-state index in [0.29, 0.717) is 27.9 Å². The lowest BCUT2D eigenvalue weighted by atomic mass is 10.2. The molecule has 3 rings (SSSR count). The van der Waals surface area contributed by atoms with Crippen molar-refractivity contribution in [3.8, 4) is 11.5 Å². The molecule has 9 heteroatoms. The van der Waals surface area contributed by atoms with E-state index >= 15 is 0 Å². The Bertz CT molecular complexity index is 1010. The summed E-state index contributed by atoms with van der Waals surface area (Å²) in [6.07, 6.45) is 1.35. The molecule has 0 aliphatic heterocycles. The van der Waals surface area contributed by atoms with Gasteiger partial charge in [0.05, 0.1) is 14.2 Å². The SMILES string of the molecule is COc1ccc(Nc2ncc(C(N)=O)c(Nc3cccc(Cl)c3)n2)cc1OC. The summed E-state index contributed by atoms with van der Waals surface area (Å²) in [4.78, 5) is 20.2. The highest BCUT2D eigenvalue weighted by atomic mass is 35.5. The number of nitrogens with zero attached hydrogens (tertiary/aromatic N) is 2. The Morgan fingerprint density at radius 3 is 2.46 bits per heavy atom. The van der Waals surface area contributed by atoms with E-state index in [-0.39, 0.29) is 17.3 Å². The van der Waals surface area contributed by atoms with E-state index in [1.807, 2.05) is 0 Å². The topological polar surface area (TPSA) is 111 Å². The molecular formula is C19H18ClN5O3. The first-order valence-electron chi connectivity index (χ1n) is 8.18. The Balaban J connectivity index is 1.91. The van der Waals surface area contributed by atoms with E-state index in [1.165, 1.54) is 6.20 Å². The number of rotatable bonds is 7. The van der Waals surface area contributed by atoms with Crippen molar-refractivity contribution in [2.24, 2.45) is 5.73 Å². The maximum absolute atomic E-state index is 11.7. The molecule has 0 bridgehead atoms. The van der Waals surface area contributed by atoms with E-state index < -0.39 is 5.91 Å². The average Bonchev–Trinajstić information content (AvgIpc) is 2.68. The molecule has 0 fully saturated rings. The van der Waals surface area contributed by atoms with Crippen LogP contribution in [0.15, 0.2) is 48.7 Å². The highest BCUT2D eigenvalue weighted by Gasteiger charge is 2.13. The number of anilines is 4. The minimum atomic E-state index is -0.651. The molecule has 0 saturated heterocycles. The van der Waals surface area contributed by atoms with Crippen LogP contribution in [0.4, 0.5) is 23.1 Å². The molecule has 0 unspecified atom stereocenters. The summed E-state index contributed by atoms with van der Waals surface area (Å²) in [6.45, 7) is 0. The van der Waals surface area contributed by atoms with Crippen molar-refractivity contribution < 1.29 is 14.3 Å². The number of carbonyl (C=O) groups is 1. The molecule has 3 aromatic rings. The third-order valence-corrected chi connectivity index (χ3v) is 4.02. The monoisotopic (exact) mass is 399 g/mol. The Hall–Kier alpha value is -3.52. The number of halogens is 1. The van der Waals surface area contributed by atoms with E-state index in [9.17, 15) is 4.79 Å². The van der Waals surface area contributed by atoms with Gasteiger partial charge in [0, 0.05) is 28.7 Å². The first-order valence-corrected chi connectivity index (χ1v) is 8.56. The van der Waals surface area contributed by atoms with Gasteiger partial charge in [-0.05, 0) is 30.3 Å². The summed E-state index contributed by atoms with van der Waals surface area (Å²) in [7, 11) is 3.11. The van der Waals surface area contributed by atoms with Gasteiger partial charge in [-0.25, -0.2) is 4.98 Å². The van der Waals surface area contributed by atoms with E-state index in [0.717, 1.165) is 0 Å². The molecule has 28 heavy (non-hydrogen) atoms. The van der Waals surface area contributed by atoms with Gasteiger partial charge in [-0.3, -0.25) is 4.79 Å². The number of methoxy groups -OCH3 is 2. The minimum Gasteiger partial charge on any atom is -0.493 e. The first-order chi connectivity index (χ1) is 13.5. The molecule has 0 radical (unpaired) electrons. The average molecular weight is 400 g/mol. The number of aromatic nitrogens is 2. The lowest BCUT2D eigenvalue weighted by Crippen LogP contribution is -2.15. The van der Waals surface area contributed by atoms with E-state index in [1.54, 1.807) is 56.7 Å². The summed E-state index contributed by atoms with van der Waals surface area (Å²) in [5.74, 6) is 1.02. The number of benzene rings is 2. The molecule has 1 aromatic heterocycles. The summed E-state index contributed by atoms with van der Waals surface area (Å²) < 4.78 is 10.5. The molecule has 2 aromatic carbocycles. The van der Waals surface area contributed by atoms with Crippen LogP contribution in [0, 0.1) is 0 Å². The van der Waals surface area contributed by atoms with E-state index in [2.05, 4.69) is 20.6 Å². The predicted octanol–water partition coefficient (Wildman–Crippen LogP) is 3.73. The fourth-order valence-corrected chi connectivity index (χ4v) is 2.65. The van der Waals surface area contributed by atoms with Crippen molar-refractivity contribution in [1.29, 1.82) is 0 Å². The lowest BCUT2D eigenvalue weighted by Gasteiger charge is -2.13. The lowest BCUT2D eigenvalue weighted by molar-refractivity contribution is 0.100. The van der Waals surface area contributed by atoms with Crippen molar-refractivity contribution in [3.63, 3.8) is 0 Å². The fourth-order valence-electron chi connectivity index (χ4n) is 2.46. The molecule has 4 N–H and O–H groups in total. The Labute approximate surface area is 166 Å². The Morgan fingerprint density at radius 1 is 1.04 bits per heavy atom. The zero-order chi connectivity index (χ0) is 20.1. The minimum absolute atomic E-state index is 0.151. The summed E-state index contributed by atoms with van der Waals surface area (Å²) >= 11 is 6.01. The third kappa shape index (κ3) is 4.41. The first kappa shape index (κ1) is 19.2. The standard InChI is InChI=1S/C19H18ClN5O3/c1-27-15-7-6-13(9-16(15)28-2)24-19-22-10-14(17(21)26)18(25-19)23-12-5-3-4-11(20)8-12/h3-10H,1-2H3,(H2,21,26)(H2,22,23,24,25). The van der Waals surface area contributed by atoms with Crippen molar-refractivity contribution in [2.45, 2.75) is 0 Å². The zero-order valence-corrected chi connectivity index (χ0v) is 15.9. The van der Waals surface area contributed by atoms with Crippen LogP contribution in [0.5, 0.6) is 11.5 Å². The van der Waals surface area contributed by atoms with Crippen molar-refractivity contribution in [2.75, 3.05) is 24.9 Å². The quantitative estimate of drug-likeness (QED) is 0.554. The summed E-state index contributed by atoms with van der Waals surface area (Å²) in [5, 5.41) is 6.64. The van der Waals surface area contributed by atoms with Crippen molar-refractivity contribution >= 4 is 40.6 Å². The van der Waals surface area contributed by atoms with Gasteiger partial charge in [0.15, 0.2) is 11.5 Å². The summed E-state index contributed by atoms with van der Waals surface area (Å²) in [5.41, 5.74) is 6.92. The molecule has 8 nitrogen and oxygen atoms in total. The molecule has 0 aliphatic rings. The highest BCUT2D eigenvalue weighted by Crippen LogP contribution is 2.31. The van der Waals surface area contributed by atoms with Crippen LogP contribution in [0.25, 0.3) is 0 Å². The number of ether oxygens (including phenoxy) is 2. The Kier molecular flexibility index (Phi) is 5.81. The molecule has 1 amide bonds. The third-order valence-electron chi connectivity index (χ3n) is 3.78. The van der Waals surface area contributed by atoms with Gasteiger partial charge in [-0.1, -0.05) is 17.7 Å². The molecule has 144 valence electrons. The van der Waals surface area contributed by atoms with Crippen LogP contribution in [0.3, 0.4) is 0 Å². The normalized spacial score (nSPS) is 10.2. The summed E-state index contributed by atoms with van der Waals surface area (Å²) in [6, 6.07) is 12.3. The Morgan fingerprint density at radius 2 is 1.79 bits per heavy atom. The van der Waals surface area contributed by atoms with Crippen molar-refractivity contribution in [1.82, 2.24) is 9.97 Å². The molecular weight excluding hydrogens is 382 g/mol. The van der Waals surface area contributed by atoms with Gasteiger partial charge in [-0.15, -0.1) is 0 Å². The van der Waals surface area contributed by atoms with Gasteiger partial charge in [0.2, 0.25) is 5.95 Å². The van der Waals surface area contributed by atoms with Gasteiger partial charge in [0.25, 0.3) is 5.91 Å². The second-order valence-electron chi connectivity index (χ2n) is 5.65. The van der Waals surface area contributed by atoms with Gasteiger partial charge in [-0.2, -0.15) is 4.98 Å². The molecule has 0 atom stereocenters.